The highest BCUT2D eigenvalue weighted by Crippen LogP contribution is 2.17. The molecule has 0 saturated heterocycles. The molecule has 3 nitrogen and oxygen atoms in total. The lowest BCUT2D eigenvalue weighted by atomic mass is 9.96. The van der Waals surface area contributed by atoms with Crippen LogP contribution in [0, 0.1) is 12.8 Å². The molecule has 0 fully saturated rings. The van der Waals surface area contributed by atoms with Crippen LogP contribution in [0.15, 0.2) is 42.5 Å². The van der Waals surface area contributed by atoms with Crippen molar-refractivity contribution in [3.63, 3.8) is 0 Å². The lowest BCUT2D eigenvalue weighted by molar-refractivity contribution is 0.102. The first kappa shape index (κ1) is 15.1. The van der Waals surface area contributed by atoms with E-state index in [9.17, 15) is 4.79 Å². The van der Waals surface area contributed by atoms with Gasteiger partial charge in [0.1, 0.15) is 0 Å². The van der Waals surface area contributed by atoms with Crippen molar-refractivity contribution in [1.82, 2.24) is 0 Å². The predicted octanol–water partition coefficient (Wildman–Crippen LogP) is 4.03. The van der Waals surface area contributed by atoms with Crippen molar-refractivity contribution in [3.8, 4) is 0 Å². The Morgan fingerprint density at radius 3 is 2.43 bits per heavy atom. The molecule has 0 aromatic heterocycles. The van der Waals surface area contributed by atoms with Gasteiger partial charge in [0.15, 0.2) is 0 Å². The molecule has 21 heavy (non-hydrogen) atoms. The van der Waals surface area contributed by atoms with Crippen LogP contribution in [-0.2, 0) is 6.42 Å². The maximum absolute atomic E-state index is 12.3. The van der Waals surface area contributed by atoms with Crippen molar-refractivity contribution < 1.29 is 4.79 Å². The number of nitrogen functional groups attached to an aromatic ring is 1. The highest BCUT2D eigenvalue weighted by Gasteiger charge is 2.09. The summed E-state index contributed by atoms with van der Waals surface area (Å²) in [6, 6.07) is 13.0. The van der Waals surface area contributed by atoms with Gasteiger partial charge in [0, 0.05) is 16.9 Å². The smallest absolute Gasteiger partial charge is 0.255 e. The van der Waals surface area contributed by atoms with Crippen molar-refractivity contribution >= 4 is 17.3 Å². The topological polar surface area (TPSA) is 55.1 Å². The highest BCUT2D eigenvalue weighted by molar-refractivity contribution is 6.04. The normalized spacial score (nSPS) is 10.7. The fourth-order valence-corrected chi connectivity index (χ4v) is 2.24. The molecule has 0 spiro atoms. The average Bonchev–Trinajstić information content (AvgIpc) is 2.43. The molecule has 0 radical (unpaired) electrons. The van der Waals surface area contributed by atoms with Gasteiger partial charge < -0.3 is 11.1 Å². The number of anilines is 2. The van der Waals surface area contributed by atoms with Crippen LogP contribution < -0.4 is 11.1 Å². The predicted molar refractivity (Wildman–Crippen MR) is 88.5 cm³/mol. The molecule has 0 aliphatic carbocycles. The van der Waals surface area contributed by atoms with Crippen LogP contribution in [0.1, 0.15) is 35.3 Å². The summed E-state index contributed by atoms with van der Waals surface area (Å²) >= 11 is 0. The van der Waals surface area contributed by atoms with Crippen LogP contribution in [0.4, 0.5) is 11.4 Å². The lowest BCUT2D eigenvalue weighted by Gasteiger charge is -2.11. The second-order valence-electron chi connectivity index (χ2n) is 5.82. The van der Waals surface area contributed by atoms with Crippen molar-refractivity contribution in [2.45, 2.75) is 27.2 Å². The Morgan fingerprint density at radius 1 is 1.14 bits per heavy atom. The Kier molecular flexibility index (Phi) is 4.63. The first-order valence-corrected chi connectivity index (χ1v) is 7.22. The number of benzene rings is 2. The van der Waals surface area contributed by atoms with Gasteiger partial charge in [-0.1, -0.05) is 19.9 Å². The quantitative estimate of drug-likeness (QED) is 0.832. The number of nitrogens with one attached hydrogen (secondary N) is 1. The van der Waals surface area contributed by atoms with E-state index in [0.29, 0.717) is 17.2 Å². The third-order valence-corrected chi connectivity index (χ3v) is 3.41. The van der Waals surface area contributed by atoms with E-state index in [-0.39, 0.29) is 5.91 Å². The van der Waals surface area contributed by atoms with Gasteiger partial charge in [-0.15, -0.1) is 0 Å². The molecule has 1 amide bonds. The molecule has 2 aromatic rings. The van der Waals surface area contributed by atoms with E-state index in [1.165, 1.54) is 11.1 Å². The van der Waals surface area contributed by atoms with Gasteiger partial charge in [-0.05, 0) is 66.8 Å². The minimum atomic E-state index is -0.0928. The van der Waals surface area contributed by atoms with Gasteiger partial charge in [-0.3, -0.25) is 4.79 Å². The molecule has 2 aromatic carbocycles. The summed E-state index contributed by atoms with van der Waals surface area (Å²) in [5, 5.41) is 2.89. The summed E-state index contributed by atoms with van der Waals surface area (Å²) < 4.78 is 0. The summed E-state index contributed by atoms with van der Waals surface area (Å²) in [5.41, 5.74) is 10.2. The van der Waals surface area contributed by atoms with Gasteiger partial charge in [0.05, 0.1) is 0 Å². The molecule has 3 N–H and O–H groups in total. The Hall–Kier alpha value is -2.29. The SMILES string of the molecule is Cc1ccc(C(=O)Nc2ccc(N)cc2)cc1CC(C)C. The van der Waals surface area contributed by atoms with E-state index in [2.05, 4.69) is 26.1 Å². The minimum absolute atomic E-state index is 0.0928. The van der Waals surface area contributed by atoms with E-state index in [4.69, 9.17) is 5.73 Å². The number of aryl methyl sites for hydroxylation is 1. The summed E-state index contributed by atoms with van der Waals surface area (Å²) in [4.78, 5) is 12.3. The van der Waals surface area contributed by atoms with Crippen LogP contribution in [-0.4, -0.2) is 5.91 Å². The molecule has 0 bridgehead atoms. The van der Waals surface area contributed by atoms with Gasteiger partial charge >= 0.3 is 0 Å². The van der Waals surface area contributed by atoms with Crippen molar-refractivity contribution in [2.24, 2.45) is 5.92 Å². The van der Waals surface area contributed by atoms with E-state index < -0.39 is 0 Å². The number of nitrogens with two attached hydrogens (primary N) is 1. The minimum Gasteiger partial charge on any atom is -0.399 e. The lowest BCUT2D eigenvalue weighted by Crippen LogP contribution is -2.12. The Morgan fingerprint density at radius 2 is 1.81 bits per heavy atom. The summed E-state index contributed by atoms with van der Waals surface area (Å²) in [6.45, 7) is 6.44. The maximum Gasteiger partial charge on any atom is 0.255 e. The molecule has 3 heteroatoms. The van der Waals surface area contributed by atoms with Crippen molar-refractivity contribution in [2.75, 3.05) is 11.1 Å². The van der Waals surface area contributed by atoms with E-state index in [1.54, 1.807) is 24.3 Å². The Balaban J connectivity index is 2.17. The van der Waals surface area contributed by atoms with Gasteiger partial charge in [0.25, 0.3) is 5.91 Å². The fraction of sp³-hybridized carbons (Fsp3) is 0.278. The number of amides is 1. The zero-order chi connectivity index (χ0) is 15.4. The fourth-order valence-electron chi connectivity index (χ4n) is 2.24. The third-order valence-electron chi connectivity index (χ3n) is 3.41. The molecule has 0 atom stereocenters. The van der Waals surface area contributed by atoms with E-state index in [1.807, 2.05) is 18.2 Å². The Labute approximate surface area is 126 Å². The molecule has 110 valence electrons. The second-order valence-corrected chi connectivity index (χ2v) is 5.82. The zero-order valence-electron chi connectivity index (χ0n) is 12.8. The largest absolute Gasteiger partial charge is 0.399 e. The molecule has 0 saturated carbocycles. The number of rotatable bonds is 4. The number of hydrogen-bond acceptors (Lipinski definition) is 2. The van der Waals surface area contributed by atoms with Crippen LogP contribution >= 0.6 is 0 Å². The van der Waals surface area contributed by atoms with Crippen molar-refractivity contribution in [3.05, 3.63) is 59.2 Å². The van der Waals surface area contributed by atoms with Crippen LogP contribution in [0.25, 0.3) is 0 Å². The number of carbonyl (C=O) groups excluding carboxylic acids is 1. The average molecular weight is 282 g/mol. The summed E-state index contributed by atoms with van der Waals surface area (Å²) in [6.07, 6.45) is 0.981. The Bertz CT molecular complexity index is 630. The van der Waals surface area contributed by atoms with Gasteiger partial charge in [-0.2, -0.15) is 0 Å². The molecular weight excluding hydrogens is 260 g/mol. The number of hydrogen-bond donors (Lipinski definition) is 2. The molecular formula is C18H22N2O. The van der Waals surface area contributed by atoms with Gasteiger partial charge in [0.2, 0.25) is 0 Å². The van der Waals surface area contributed by atoms with Crippen molar-refractivity contribution in [1.29, 1.82) is 0 Å². The van der Waals surface area contributed by atoms with Crippen LogP contribution in [0.3, 0.4) is 0 Å². The van der Waals surface area contributed by atoms with E-state index >= 15 is 0 Å². The zero-order valence-corrected chi connectivity index (χ0v) is 12.8. The molecule has 0 aliphatic rings. The molecule has 2 rings (SSSR count). The third kappa shape index (κ3) is 4.09. The molecule has 0 heterocycles. The van der Waals surface area contributed by atoms with Gasteiger partial charge in [-0.25, -0.2) is 0 Å². The van der Waals surface area contributed by atoms with E-state index in [0.717, 1.165) is 12.1 Å². The summed E-state index contributed by atoms with van der Waals surface area (Å²) in [5.74, 6) is 0.476. The second kappa shape index (κ2) is 6.44. The standard InChI is InChI=1S/C18H22N2O/c1-12(2)10-15-11-14(5-4-13(15)3)18(21)20-17-8-6-16(19)7-9-17/h4-9,11-12H,10,19H2,1-3H3,(H,20,21). The first-order valence-electron chi connectivity index (χ1n) is 7.22. The summed E-state index contributed by atoms with van der Waals surface area (Å²) in [7, 11) is 0. The van der Waals surface area contributed by atoms with Crippen LogP contribution in [0.2, 0.25) is 0 Å². The number of carbonyl (C=O) groups is 1. The maximum atomic E-state index is 12.3. The molecule has 0 unspecified atom stereocenters. The molecule has 0 aliphatic heterocycles. The monoisotopic (exact) mass is 282 g/mol. The first-order chi connectivity index (χ1) is 9.95. The van der Waals surface area contributed by atoms with Crippen LogP contribution in [0.5, 0.6) is 0 Å². The highest BCUT2D eigenvalue weighted by atomic mass is 16.1.